The summed E-state index contributed by atoms with van der Waals surface area (Å²) in [6.07, 6.45) is 0. The van der Waals surface area contributed by atoms with Crippen LogP contribution in [0.1, 0.15) is 47.7 Å². The highest BCUT2D eigenvalue weighted by Crippen LogP contribution is 2.69. The van der Waals surface area contributed by atoms with E-state index in [1.165, 1.54) is 0 Å². The molecule has 2 bridgehead atoms. The van der Waals surface area contributed by atoms with Crippen molar-refractivity contribution in [3.8, 4) is 0 Å². The van der Waals surface area contributed by atoms with E-state index in [9.17, 15) is 14.4 Å². The zero-order valence-electron chi connectivity index (χ0n) is 19.7. The molecule has 1 heterocycles. The number of nitrogens with zero attached hydrogens (tertiary/aromatic N) is 1. The van der Waals surface area contributed by atoms with Crippen LogP contribution in [0.4, 0.5) is 0 Å². The van der Waals surface area contributed by atoms with Crippen LogP contribution in [0.3, 0.4) is 0 Å². The molecule has 3 aromatic rings. The second-order valence-electron chi connectivity index (χ2n) is 9.83. The molecule has 182 valence electrons. The Morgan fingerprint density at radius 1 is 0.750 bits per heavy atom. The fourth-order valence-electron chi connectivity index (χ4n) is 6.35. The lowest BCUT2D eigenvalue weighted by Crippen LogP contribution is -2.57. The number of imide groups is 1. The van der Waals surface area contributed by atoms with Gasteiger partial charge in [-0.05, 0) is 41.7 Å². The number of likely N-dealkylation sites (tertiary alicyclic amines) is 1. The lowest BCUT2D eigenvalue weighted by atomic mass is 9.54. The minimum Gasteiger partial charge on any atom is -0.348 e. The molecule has 1 saturated heterocycles. The van der Waals surface area contributed by atoms with E-state index >= 15 is 0 Å². The third-order valence-electron chi connectivity index (χ3n) is 8.04. The Kier molecular flexibility index (Phi) is 5.12. The normalized spacial score (nSPS) is 29.3. The minimum absolute atomic E-state index is 0.292. The average Bonchev–Trinajstić information content (AvgIpc) is 3.18. The maximum absolute atomic E-state index is 14.0. The van der Waals surface area contributed by atoms with E-state index < -0.39 is 45.3 Å². The molecule has 0 unspecified atom stereocenters. The number of hydrogen-bond acceptors (Lipinski definition) is 3. The van der Waals surface area contributed by atoms with Crippen molar-refractivity contribution in [2.75, 3.05) is 0 Å². The van der Waals surface area contributed by atoms with Crippen LogP contribution in [0.2, 0.25) is 0 Å². The highest BCUT2D eigenvalue weighted by Gasteiger charge is 2.73. The Morgan fingerprint density at radius 3 is 1.56 bits per heavy atom. The lowest BCUT2D eigenvalue weighted by molar-refractivity contribution is -0.147. The Balaban J connectivity index is 1.41. The third kappa shape index (κ3) is 2.81. The van der Waals surface area contributed by atoms with E-state index in [0.717, 1.165) is 32.7 Å². The molecule has 1 fully saturated rings. The molecule has 0 aromatic heterocycles. The molecule has 1 aliphatic heterocycles. The van der Waals surface area contributed by atoms with Crippen LogP contribution in [-0.4, -0.2) is 28.7 Å². The van der Waals surface area contributed by atoms with Gasteiger partial charge in [0.1, 0.15) is 15.8 Å². The molecular weight excluding hydrogens is 495 g/mol. The van der Waals surface area contributed by atoms with Crippen molar-refractivity contribution in [2.45, 2.75) is 35.7 Å². The number of nitrogens with one attached hydrogen (secondary N) is 1. The van der Waals surface area contributed by atoms with E-state index in [4.69, 9.17) is 23.2 Å². The highest BCUT2D eigenvalue weighted by molar-refractivity contribution is 6.36. The van der Waals surface area contributed by atoms with Crippen LogP contribution >= 0.6 is 23.2 Å². The van der Waals surface area contributed by atoms with Crippen molar-refractivity contribution < 1.29 is 14.4 Å². The van der Waals surface area contributed by atoms with E-state index in [-0.39, 0.29) is 6.04 Å². The number of hydrogen-bond donors (Lipinski definition) is 1. The summed E-state index contributed by atoms with van der Waals surface area (Å²) in [6, 6.07) is 23.2. The SMILES string of the molecule is C[C@H](NC(=O)[C@H](C)N1C(=O)[C@@H]2[C@H](C1=O)C1(Cl)c3ccccc3C2(Cl)c2ccccc21)c1ccccc1. The first kappa shape index (κ1) is 23.3. The largest absolute Gasteiger partial charge is 0.348 e. The molecule has 5 nitrogen and oxygen atoms in total. The molecule has 7 heteroatoms. The van der Waals surface area contributed by atoms with E-state index in [0.29, 0.717) is 0 Å². The summed E-state index contributed by atoms with van der Waals surface area (Å²) >= 11 is 14.9. The topological polar surface area (TPSA) is 66.5 Å². The first-order valence-corrected chi connectivity index (χ1v) is 12.8. The van der Waals surface area contributed by atoms with E-state index in [1.807, 2.05) is 85.8 Å². The summed E-state index contributed by atoms with van der Waals surface area (Å²) in [4.78, 5) is 39.8. The number of benzene rings is 3. The first-order chi connectivity index (χ1) is 17.2. The van der Waals surface area contributed by atoms with Gasteiger partial charge in [-0.15, -0.1) is 23.2 Å². The number of alkyl halides is 2. The minimum atomic E-state index is -1.26. The molecule has 0 saturated carbocycles. The number of halogens is 2. The van der Waals surface area contributed by atoms with Gasteiger partial charge in [-0.25, -0.2) is 0 Å². The summed E-state index contributed by atoms with van der Waals surface area (Å²) in [6.45, 7) is 3.44. The zero-order chi connectivity index (χ0) is 25.4. The quantitative estimate of drug-likeness (QED) is 0.396. The van der Waals surface area contributed by atoms with Gasteiger partial charge >= 0.3 is 0 Å². The molecule has 0 spiro atoms. The molecule has 3 aliphatic carbocycles. The molecular formula is C29H24Cl2N2O3. The summed E-state index contributed by atoms with van der Waals surface area (Å²) in [7, 11) is 0. The first-order valence-electron chi connectivity index (χ1n) is 12.0. The average molecular weight is 519 g/mol. The van der Waals surface area contributed by atoms with Crippen LogP contribution in [0.5, 0.6) is 0 Å². The predicted octanol–water partition coefficient (Wildman–Crippen LogP) is 4.85. The van der Waals surface area contributed by atoms with Gasteiger partial charge in [0.25, 0.3) is 0 Å². The Bertz CT molecular complexity index is 1300. The second kappa shape index (κ2) is 7.92. The molecule has 0 radical (unpaired) electrons. The fraction of sp³-hybridized carbons (Fsp3) is 0.276. The van der Waals surface area contributed by atoms with E-state index in [2.05, 4.69) is 5.32 Å². The molecule has 7 rings (SSSR count). The second-order valence-corrected chi connectivity index (χ2v) is 11.0. The van der Waals surface area contributed by atoms with Crippen LogP contribution in [0, 0.1) is 11.8 Å². The highest BCUT2D eigenvalue weighted by atomic mass is 35.5. The maximum atomic E-state index is 14.0. The van der Waals surface area contributed by atoms with Crippen molar-refractivity contribution in [3.05, 3.63) is 107 Å². The summed E-state index contributed by atoms with van der Waals surface area (Å²) in [5.41, 5.74) is 3.87. The standard InChI is InChI=1S/C29H24Cl2N2O3/c1-16(18-10-4-3-5-11-18)32-25(34)17(2)33-26(35)23-24(27(33)36)29(31)20-13-7-6-12-19(20)28(23,30)21-14-8-9-15-22(21)29/h3-17,23-24H,1-2H3,(H,32,34)/t16-,17-,23-,24+,28?,29?/m0/s1. The maximum Gasteiger partial charge on any atom is 0.243 e. The van der Waals surface area contributed by atoms with Crippen LogP contribution < -0.4 is 5.32 Å². The van der Waals surface area contributed by atoms with Gasteiger partial charge in [-0.1, -0.05) is 78.9 Å². The van der Waals surface area contributed by atoms with Crippen molar-refractivity contribution in [2.24, 2.45) is 11.8 Å². The molecule has 4 aliphatic rings. The van der Waals surface area contributed by atoms with Crippen LogP contribution in [0.25, 0.3) is 0 Å². The Hall–Kier alpha value is -3.15. The monoisotopic (exact) mass is 518 g/mol. The van der Waals surface area contributed by atoms with Gasteiger partial charge in [-0.2, -0.15) is 0 Å². The van der Waals surface area contributed by atoms with Gasteiger partial charge in [0.05, 0.1) is 17.9 Å². The zero-order valence-corrected chi connectivity index (χ0v) is 21.3. The van der Waals surface area contributed by atoms with Gasteiger partial charge in [0, 0.05) is 0 Å². The van der Waals surface area contributed by atoms with Crippen molar-refractivity contribution >= 4 is 40.9 Å². The summed E-state index contributed by atoms with van der Waals surface area (Å²) in [5.74, 6) is -3.19. The van der Waals surface area contributed by atoms with Crippen LogP contribution in [-0.2, 0) is 24.1 Å². The number of carbonyl (C=O) groups is 3. The summed E-state index contributed by atoms with van der Waals surface area (Å²) < 4.78 is 0. The Labute approximate surface area is 219 Å². The predicted molar refractivity (Wildman–Crippen MR) is 137 cm³/mol. The number of carbonyl (C=O) groups excluding carboxylic acids is 3. The molecule has 1 N–H and O–H groups in total. The number of amides is 3. The fourth-order valence-corrected chi connectivity index (χ4v) is 7.44. The molecule has 3 amide bonds. The van der Waals surface area contributed by atoms with Gasteiger partial charge in [0.15, 0.2) is 0 Å². The molecule has 4 atom stereocenters. The van der Waals surface area contributed by atoms with Crippen LogP contribution in [0.15, 0.2) is 78.9 Å². The number of rotatable bonds is 4. The molecule has 3 aromatic carbocycles. The smallest absolute Gasteiger partial charge is 0.243 e. The van der Waals surface area contributed by atoms with Gasteiger partial charge in [-0.3, -0.25) is 19.3 Å². The van der Waals surface area contributed by atoms with Crippen molar-refractivity contribution in [3.63, 3.8) is 0 Å². The van der Waals surface area contributed by atoms with E-state index in [1.54, 1.807) is 6.92 Å². The van der Waals surface area contributed by atoms with Gasteiger partial charge in [0.2, 0.25) is 17.7 Å². The lowest BCUT2D eigenvalue weighted by Gasteiger charge is -2.54. The van der Waals surface area contributed by atoms with Crippen molar-refractivity contribution in [1.82, 2.24) is 10.2 Å². The molecule has 36 heavy (non-hydrogen) atoms. The van der Waals surface area contributed by atoms with Crippen molar-refractivity contribution in [1.29, 1.82) is 0 Å². The Morgan fingerprint density at radius 2 is 1.14 bits per heavy atom. The third-order valence-corrected chi connectivity index (χ3v) is 9.33. The van der Waals surface area contributed by atoms with Gasteiger partial charge < -0.3 is 5.32 Å². The summed E-state index contributed by atoms with van der Waals surface area (Å²) in [5, 5.41) is 2.94.